The van der Waals surface area contributed by atoms with E-state index in [4.69, 9.17) is 9.97 Å². The van der Waals surface area contributed by atoms with Gasteiger partial charge in [-0.2, -0.15) is 0 Å². The summed E-state index contributed by atoms with van der Waals surface area (Å²) in [4.78, 5) is 15.3. The van der Waals surface area contributed by atoms with Crippen LogP contribution in [0.4, 0.5) is 5.95 Å². The Labute approximate surface area is 209 Å². The molecule has 5 heteroatoms. The minimum atomic E-state index is 0.199. The molecule has 8 rings (SSSR count). The number of nitrogens with zero attached hydrogens (tertiary/aromatic N) is 4. The van der Waals surface area contributed by atoms with Crippen LogP contribution >= 0.6 is 0 Å². The fourth-order valence-electron chi connectivity index (χ4n) is 9.95. The number of hydrogen-bond donors (Lipinski definition) is 1. The highest BCUT2D eigenvalue weighted by atomic mass is 16.3. The lowest BCUT2D eigenvalue weighted by Gasteiger charge is -2.66. The summed E-state index contributed by atoms with van der Waals surface area (Å²) in [6, 6.07) is 7.57. The maximum absolute atomic E-state index is 10.6. The second-order valence-corrected chi connectivity index (χ2v) is 13.1. The number of aromatic hydroxyl groups is 1. The number of piperidine rings is 1. The number of hydrogen-bond acceptors (Lipinski definition) is 5. The van der Waals surface area contributed by atoms with E-state index >= 15 is 0 Å². The number of rotatable bonds is 4. The fourth-order valence-corrected chi connectivity index (χ4v) is 9.95. The standard InChI is InChI=1S/C30H38N4O/c1-18(2)22-14-31-28(32-15-22)34-17-21-13-29-8-7-25(34)27(21)30(29)9-10-33(16-19-3-4-19)26(29)11-20-5-6-23(35)12-24(20)30/h5-6,12,14-15,18-19,21,25-27,35H,3-4,7-11,13,16-17H2,1-2H3/t21-,25?,26?,27?,29?,30?/m1/s1. The molecule has 2 saturated heterocycles. The van der Waals surface area contributed by atoms with E-state index in [1.807, 2.05) is 18.5 Å². The molecule has 1 N–H and O–H groups in total. The topological polar surface area (TPSA) is 52.5 Å². The van der Waals surface area contributed by atoms with Gasteiger partial charge in [-0.1, -0.05) is 19.9 Å². The van der Waals surface area contributed by atoms with Gasteiger partial charge in [-0.3, -0.25) is 4.90 Å². The molecule has 184 valence electrons. The number of phenols is 1. The molecular formula is C30H38N4O. The third kappa shape index (κ3) is 2.63. The van der Waals surface area contributed by atoms with Crippen molar-refractivity contribution >= 4 is 5.95 Å². The molecule has 5 nitrogen and oxygen atoms in total. The summed E-state index contributed by atoms with van der Waals surface area (Å²) in [7, 11) is 0. The molecule has 2 aliphatic heterocycles. The van der Waals surface area contributed by atoms with Crippen molar-refractivity contribution in [2.24, 2.45) is 23.2 Å². The molecule has 1 aromatic carbocycles. The molecule has 3 saturated carbocycles. The third-order valence-corrected chi connectivity index (χ3v) is 11.4. The molecule has 3 heterocycles. The average molecular weight is 471 g/mol. The van der Waals surface area contributed by atoms with Crippen LogP contribution in [0.3, 0.4) is 0 Å². The number of anilines is 1. The molecule has 0 spiro atoms. The van der Waals surface area contributed by atoms with Gasteiger partial charge < -0.3 is 10.0 Å². The predicted octanol–water partition coefficient (Wildman–Crippen LogP) is 4.89. The van der Waals surface area contributed by atoms with E-state index in [-0.39, 0.29) is 5.41 Å². The summed E-state index contributed by atoms with van der Waals surface area (Å²) in [5, 5.41) is 10.6. The van der Waals surface area contributed by atoms with Gasteiger partial charge in [0, 0.05) is 43.0 Å². The Morgan fingerprint density at radius 1 is 1.11 bits per heavy atom. The van der Waals surface area contributed by atoms with Crippen LogP contribution in [0.5, 0.6) is 5.75 Å². The molecule has 5 fully saturated rings. The summed E-state index contributed by atoms with van der Waals surface area (Å²) in [6.07, 6.45) is 13.3. The molecule has 6 atom stereocenters. The SMILES string of the molecule is CC(C)c1cnc(N2C[C@H]3CC45CCC2C3C42CCN(CC3CC3)C5Cc3ccc(O)cc32)nc1. The Kier molecular flexibility index (Phi) is 4.20. The van der Waals surface area contributed by atoms with Crippen LogP contribution in [-0.2, 0) is 11.8 Å². The van der Waals surface area contributed by atoms with Gasteiger partial charge in [0.1, 0.15) is 5.75 Å². The molecular weight excluding hydrogens is 432 g/mol. The van der Waals surface area contributed by atoms with Crippen LogP contribution in [0.1, 0.15) is 75.0 Å². The van der Waals surface area contributed by atoms with Crippen LogP contribution in [0.2, 0.25) is 0 Å². The Bertz CT molecular complexity index is 1180. The van der Waals surface area contributed by atoms with Crippen molar-refractivity contribution < 1.29 is 5.11 Å². The Balaban J connectivity index is 1.23. The first-order valence-corrected chi connectivity index (χ1v) is 14.2. The van der Waals surface area contributed by atoms with Crippen molar-refractivity contribution in [2.75, 3.05) is 24.5 Å². The van der Waals surface area contributed by atoms with Gasteiger partial charge in [-0.05, 0) is 109 Å². The minimum absolute atomic E-state index is 0.199. The van der Waals surface area contributed by atoms with Gasteiger partial charge in [0.25, 0.3) is 0 Å². The van der Waals surface area contributed by atoms with Crippen LogP contribution in [0, 0.1) is 23.2 Å². The number of fused-ring (bicyclic) bond motifs is 1. The van der Waals surface area contributed by atoms with Gasteiger partial charge in [0.05, 0.1) is 0 Å². The zero-order valence-corrected chi connectivity index (χ0v) is 21.2. The average Bonchev–Trinajstić information content (AvgIpc) is 3.54. The van der Waals surface area contributed by atoms with Crippen molar-refractivity contribution in [2.45, 2.75) is 82.2 Å². The van der Waals surface area contributed by atoms with Crippen molar-refractivity contribution in [1.29, 1.82) is 0 Å². The number of phenolic OH excluding ortho intramolecular Hbond substituents is 1. The smallest absolute Gasteiger partial charge is 0.225 e. The fraction of sp³-hybridized carbons (Fsp3) is 0.667. The first kappa shape index (κ1) is 21.0. The quantitative estimate of drug-likeness (QED) is 0.690. The van der Waals surface area contributed by atoms with Crippen LogP contribution in [0.25, 0.3) is 0 Å². The highest BCUT2D eigenvalue weighted by molar-refractivity contribution is 5.53. The van der Waals surface area contributed by atoms with Crippen molar-refractivity contribution in [3.05, 3.63) is 47.3 Å². The van der Waals surface area contributed by atoms with Gasteiger partial charge in [0.2, 0.25) is 5.95 Å². The third-order valence-electron chi connectivity index (χ3n) is 11.4. The van der Waals surface area contributed by atoms with Gasteiger partial charge in [0.15, 0.2) is 0 Å². The first-order valence-electron chi connectivity index (χ1n) is 14.2. The molecule has 4 bridgehead atoms. The zero-order chi connectivity index (χ0) is 23.5. The molecule has 6 aliphatic rings. The number of likely N-dealkylation sites (tertiary alicyclic amines) is 1. The number of benzene rings is 1. The predicted molar refractivity (Wildman–Crippen MR) is 137 cm³/mol. The lowest BCUT2D eigenvalue weighted by Crippen LogP contribution is -2.69. The molecule has 1 aromatic heterocycles. The lowest BCUT2D eigenvalue weighted by atomic mass is 9.43. The lowest BCUT2D eigenvalue weighted by molar-refractivity contribution is -0.0921. The number of aromatic nitrogens is 2. The minimum Gasteiger partial charge on any atom is -0.508 e. The van der Waals surface area contributed by atoms with E-state index in [1.54, 1.807) is 0 Å². The normalized spacial score (nSPS) is 39.1. The summed E-state index contributed by atoms with van der Waals surface area (Å²) in [5.41, 5.74) is 4.82. The maximum atomic E-state index is 10.6. The van der Waals surface area contributed by atoms with Crippen LogP contribution in [0.15, 0.2) is 30.6 Å². The highest BCUT2D eigenvalue weighted by Crippen LogP contribution is 2.75. The van der Waals surface area contributed by atoms with E-state index < -0.39 is 0 Å². The summed E-state index contributed by atoms with van der Waals surface area (Å²) in [6.45, 7) is 8.06. The second kappa shape index (κ2) is 7.00. The van der Waals surface area contributed by atoms with E-state index in [2.05, 4.69) is 35.8 Å². The van der Waals surface area contributed by atoms with Gasteiger partial charge >= 0.3 is 0 Å². The van der Waals surface area contributed by atoms with Crippen LogP contribution in [-0.4, -0.2) is 51.7 Å². The van der Waals surface area contributed by atoms with Crippen molar-refractivity contribution in [1.82, 2.24) is 14.9 Å². The Hall–Kier alpha value is -2.14. The highest BCUT2D eigenvalue weighted by Gasteiger charge is 2.76. The van der Waals surface area contributed by atoms with E-state index in [0.717, 1.165) is 18.4 Å². The second-order valence-electron chi connectivity index (χ2n) is 13.1. The van der Waals surface area contributed by atoms with Gasteiger partial charge in [-0.15, -0.1) is 0 Å². The molecule has 0 radical (unpaired) electrons. The maximum Gasteiger partial charge on any atom is 0.225 e. The largest absolute Gasteiger partial charge is 0.508 e. The molecule has 0 amide bonds. The van der Waals surface area contributed by atoms with Crippen molar-refractivity contribution in [3.63, 3.8) is 0 Å². The summed E-state index contributed by atoms with van der Waals surface area (Å²) in [5.74, 6) is 4.14. The van der Waals surface area contributed by atoms with E-state index in [0.29, 0.717) is 41.0 Å². The molecule has 35 heavy (non-hydrogen) atoms. The molecule has 4 aliphatic carbocycles. The monoisotopic (exact) mass is 470 g/mol. The molecule has 2 aromatic rings. The Morgan fingerprint density at radius 2 is 1.94 bits per heavy atom. The Morgan fingerprint density at radius 3 is 2.71 bits per heavy atom. The summed E-state index contributed by atoms with van der Waals surface area (Å²) < 4.78 is 0. The molecule has 5 unspecified atom stereocenters. The first-order chi connectivity index (χ1) is 17.0. The van der Waals surface area contributed by atoms with Crippen molar-refractivity contribution in [3.8, 4) is 5.75 Å². The van der Waals surface area contributed by atoms with Gasteiger partial charge in [-0.25, -0.2) is 9.97 Å². The summed E-state index contributed by atoms with van der Waals surface area (Å²) >= 11 is 0. The van der Waals surface area contributed by atoms with E-state index in [1.165, 1.54) is 74.7 Å². The zero-order valence-electron chi connectivity index (χ0n) is 21.2. The van der Waals surface area contributed by atoms with E-state index in [9.17, 15) is 5.11 Å². The van der Waals surface area contributed by atoms with Crippen LogP contribution < -0.4 is 4.90 Å².